The highest BCUT2D eigenvalue weighted by molar-refractivity contribution is 6.46. The van der Waals surface area contributed by atoms with Crippen LogP contribution in [-0.4, -0.2) is 25.9 Å². The van der Waals surface area contributed by atoms with Gasteiger partial charge in [-0.05, 0) is 42.1 Å². The van der Waals surface area contributed by atoms with E-state index in [9.17, 15) is 9.59 Å². The summed E-state index contributed by atoms with van der Waals surface area (Å²) in [6.45, 7) is 1.99. The molecule has 5 heteroatoms. The summed E-state index contributed by atoms with van der Waals surface area (Å²) in [6.07, 6.45) is 0. The van der Waals surface area contributed by atoms with Gasteiger partial charge in [0.15, 0.2) is 0 Å². The van der Waals surface area contributed by atoms with Crippen LogP contribution >= 0.6 is 0 Å². The van der Waals surface area contributed by atoms with Gasteiger partial charge in [0.2, 0.25) is 0 Å². The predicted octanol–water partition coefficient (Wildman–Crippen LogP) is 5.61. The average Bonchev–Trinajstić information content (AvgIpc) is 3.09. The van der Waals surface area contributed by atoms with Crippen LogP contribution in [0.1, 0.15) is 11.1 Å². The molecule has 1 aliphatic heterocycles. The number of carbonyl (C=O) groups excluding carboxylic acids is 2. The summed E-state index contributed by atoms with van der Waals surface area (Å²) in [5, 5.41) is 5.36. The van der Waals surface area contributed by atoms with Gasteiger partial charge in [-0.3, -0.25) is 9.59 Å². The van der Waals surface area contributed by atoms with Gasteiger partial charge in [0.05, 0.1) is 11.3 Å². The van der Waals surface area contributed by atoms with Crippen molar-refractivity contribution >= 4 is 45.2 Å². The van der Waals surface area contributed by atoms with Gasteiger partial charge < -0.3 is 10.2 Å². The molecule has 1 aliphatic rings. The molecular formula is C29H25N3O2. The number of hydrogen-bond acceptors (Lipinski definition) is 4. The first-order chi connectivity index (χ1) is 16.4. The molecule has 0 atom stereocenters. The highest BCUT2D eigenvalue weighted by atomic mass is 16.2. The normalized spacial score (nSPS) is 13.7. The van der Waals surface area contributed by atoms with Crippen molar-refractivity contribution in [3.63, 3.8) is 0 Å². The van der Waals surface area contributed by atoms with Gasteiger partial charge in [-0.15, -0.1) is 0 Å². The van der Waals surface area contributed by atoms with E-state index in [1.165, 1.54) is 4.90 Å². The van der Waals surface area contributed by atoms with Crippen molar-refractivity contribution in [1.29, 1.82) is 0 Å². The summed E-state index contributed by atoms with van der Waals surface area (Å²) < 4.78 is 0. The summed E-state index contributed by atoms with van der Waals surface area (Å²) in [5.41, 5.74) is 4.67. The molecule has 1 heterocycles. The molecule has 0 unspecified atom stereocenters. The Morgan fingerprint density at radius 3 is 2.24 bits per heavy atom. The molecule has 0 fully saturated rings. The monoisotopic (exact) mass is 447 g/mol. The maximum Gasteiger partial charge on any atom is 0.282 e. The van der Waals surface area contributed by atoms with Crippen molar-refractivity contribution in [2.75, 3.05) is 29.2 Å². The van der Waals surface area contributed by atoms with Crippen LogP contribution in [-0.2, 0) is 9.59 Å². The Morgan fingerprint density at radius 1 is 0.765 bits per heavy atom. The van der Waals surface area contributed by atoms with Crippen LogP contribution in [0.5, 0.6) is 0 Å². The molecule has 0 radical (unpaired) electrons. The second-order valence-electron chi connectivity index (χ2n) is 8.63. The maximum atomic E-state index is 13.8. The molecule has 4 aromatic rings. The molecule has 0 saturated carbocycles. The maximum absolute atomic E-state index is 13.8. The van der Waals surface area contributed by atoms with E-state index in [0.29, 0.717) is 16.8 Å². The Hall–Kier alpha value is -4.38. The zero-order valence-corrected chi connectivity index (χ0v) is 19.4. The smallest absolute Gasteiger partial charge is 0.282 e. The van der Waals surface area contributed by atoms with E-state index in [-0.39, 0.29) is 17.5 Å². The van der Waals surface area contributed by atoms with Gasteiger partial charge in [0.25, 0.3) is 11.8 Å². The van der Waals surface area contributed by atoms with Crippen molar-refractivity contribution in [2.45, 2.75) is 6.92 Å². The molecule has 5 nitrogen and oxygen atoms in total. The second-order valence-corrected chi connectivity index (χ2v) is 8.63. The highest BCUT2D eigenvalue weighted by Gasteiger charge is 2.40. The third kappa shape index (κ3) is 3.71. The minimum atomic E-state index is -0.371. The minimum Gasteiger partial charge on any atom is -0.378 e. The first-order valence-electron chi connectivity index (χ1n) is 11.2. The van der Waals surface area contributed by atoms with Crippen LogP contribution in [0.15, 0.2) is 96.7 Å². The summed E-state index contributed by atoms with van der Waals surface area (Å²) in [7, 11) is 3.85. The van der Waals surface area contributed by atoms with Gasteiger partial charge in [0, 0.05) is 30.9 Å². The first kappa shape index (κ1) is 21.5. The highest BCUT2D eigenvalue weighted by Crippen LogP contribution is 2.36. The number of fused-ring (bicyclic) bond motifs is 1. The number of anilines is 3. The number of hydrogen-bond donors (Lipinski definition) is 1. The fourth-order valence-electron chi connectivity index (χ4n) is 4.25. The van der Waals surface area contributed by atoms with Crippen LogP contribution in [0, 0.1) is 6.92 Å². The van der Waals surface area contributed by atoms with Gasteiger partial charge in [0.1, 0.15) is 5.70 Å². The Bertz CT molecular complexity index is 1450. The Balaban J connectivity index is 1.65. The van der Waals surface area contributed by atoms with E-state index in [2.05, 4.69) is 5.32 Å². The van der Waals surface area contributed by atoms with Crippen molar-refractivity contribution in [3.8, 4) is 0 Å². The lowest BCUT2D eigenvalue weighted by atomic mass is 10.0. The molecule has 5 rings (SSSR count). The summed E-state index contributed by atoms with van der Waals surface area (Å²) in [6, 6.07) is 29.0. The Morgan fingerprint density at radius 2 is 1.47 bits per heavy atom. The summed E-state index contributed by atoms with van der Waals surface area (Å²) in [4.78, 5) is 30.7. The largest absolute Gasteiger partial charge is 0.378 e. The van der Waals surface area contributed by atoms with Crippen LogP contribution in [0.25, 0.3) is 16.3 Å². The lowest BCUT2D eigenvalue weighted by Gasteiger charge is -2.19. The van der Waals surface area contributed by atoms with Crippen LogP contribution in [0.4, 0.5) is 17.1 Å². The number of nitrogens with zero attached hydrogens (tertiary/aromatic N) is 2. The van der Waals surface area contributed by atoms with E-state index in [0.717, 1.165) is 27.7 Å². The van der Waals surface area contributed by atoms with Crippen molar-refractivity contribution < 1.29 is 9.59 Å². The molecule has 0 bridgehead atoms. The fraction of sp³-hybridized carbons (Fsp3) is 0.103. The lowest BCUT2D eigenvalue weighted by molar-refractivity contribution is -0.120. The Kier molecular flexibility index (Phi) is 5.38. The van der Waals surface area contributed by atoms with Gasteiger partial charge in [-0.25, -0.2) is 4.90 Å². The quantitative estimate of drug-likeness (QED) is 0.404. The third-order valence-corrected chi connectivity index (χ3v) is 6.08. The van der Waals surface area contributed by atoms with Gasteiger partial charge in [-0.2, -0.15) is 0 Å². The zero-order valence-electron chi connectivity index (χ0n) is 19.4. The number of benzene rings is 4. The molecule has 34 heavy (non-hydrogen) atoms. The molecule has 0 aromatic heterocycles. The van der Waals surface area contributed by atoms with E-state index in [1.54, 1.807) is 6.07 Å². The molecule has 0 spiro atoms. The molecule has 1 N–H and O–H groups in total. The molecule has 168 valence electrons. The summed E-state index contributed by atoms with van der Waals surface area (Å²) >= 11 is 0. The minimum absolute atomic E-state index is 0.278. The topological polar surface area (TPSA) is 52.7 Å². The number of imide groups is 1. The van der Waals surface area contributed by atoms with Crippen LogP contribution in [0.3, 0.4) is 0 Å². The second kappa shape index (κ2) is 8.52. The molecular weight excluding hydrogens is 422 g/mol. The van der Waals surface area contributed by atoms with Crippen LogP contribution in [0.2, 0.25) is 0 Å². The van der Waals surface area contributed by atoms with Crippen molar-refractivity contribution in [2.24, 2.45) is 0 Å². The average molecular weight is 448 g/mol. The molecule has 0 saturated heterocycles. The van der Waals surface area contributed by atoms with E-state index in [1.807, 2.05) is 111 Å². The number of aryl methyl sites for hydroxylation is 1. The van der Waals surface area contributed by atoms with Crippen molar-refractivity contribution in [1.82, 2.24) is 0 Å². The predicted molar refractivity (Wildman–Crippen MR) is 139 cm³/mol. The van der Waals surface area contributed by atoms with Gasteiger partial charge >= 0.3 is 0 Å². The van der Waals surface area contributed by atoms with E-state index < -0.39 is 0 Å². The lowest BCUT2D eigenvalue weighted by Crippen LogP contribution is -2.32. The zero-order chi connectivity index (χ0) is 23.8. The number of carbonyl (C=O) groups is 2. The van der Waals surface area contributed by atoms with Crippen molar-refractivity contribution in [3.05, 3.63) is 108 Å². The van der Waals surface area contributed by atoms with E-state index >= 15 is 0 Å². The molecule has 2 amide bonds. The number of rotatable bonds is 5. The SMILES string of the molecule is Cc1ccc(C2=C(Nc3cccc4ccccc34)C(=O)N(c3cccc(N(C)C)c3)C2=O)cc1. The third-order valence-electron chi connectivity index (χ3n) is 6.08. The fourth-order valence-corrected chi connectivity index (χ4v) is 4.25. The number of nitrogens with one attached hydrogen (secondary N) is 1. The molecule has 0 aliphatic carbocycles. The summed E-state index contributed by atoms with van der Waals surface area (Å²) in [5.74, 6) is -0.711. The first-order valence-corrected chi connectivity index (χ1v) is 11.2. The number of amides is 2. The van der Waals surface area contributed by atoms with Gasteiger partial charge in [-0.1, -0.05) is 72.3 Å². The molecule has 4 aromatic carbocycles. The van der Waals surface area contributed by atoms with Crippen LogP contribution < -0.4 is 15.1 Å². The van der Waals surface area contributed by atoms with E-state index in [4.69, 9.17) is 0 Å². The standard InChI is InChI=1S/C29H25N3O2/c1-19-14-16-21(17-15-19)26-27(30-25-13-6-9-20-8-4-5-12-24(20)25)29(34)32(28(26)33)23-11-7-10-22(18-23)31(2)3/h4-18,30H,1-3H3. The Labute approximate surface area is 198 Å².